The first-order valence-electron chi connectivity index (χ1n) is 7.29. The molecule has 2 rings (SSSR count). The van der Waals surface area contributed by atoms with Gasteiger partial charge in [0.05, 0.1) is 6.20 Å². The zero-order chi connectivity index (χ0) is 14.6. The Balaban J connectivity index is 2.15. The number of unbranched alkanes of at least 4 members (excludes halogenated alkanes) is 1. The summed E-state index contributed by atoms with van der Waals surface area (Å²) in [6, 6.07) is 0.269. The molecule has 0 amide bonds. The zero-order valence-corrected chi connectivity index (χ0v) is 13.0. The second kappa shape index (κ2) is 6.69. The van der Waals surface area contributed by atoms with Crippen molar-refractivity contribution in [1.29, 1.82) is 0 Å². The first kappa shape index (κ1) is 15.5. The molecule has 1 aliphatic heterocycles. The summed E-state index contributed by atoms with van der Waals surface area (Å²) in [5.74, 6) is 0.623. The Bertz CT molecular complexity index is 520. The molecule has 1 fully saturated rings. The van der Waals surface area contributed by atoms with Crippen molar-refractivity contribution in [1.82, 2.24) is 19.6 Å². The first-order valence-corrected chi connectivity index (χ1v) is 8.73. The second-order valence-corrected chi connectivity index (χ2v) is 7.25. The summed E-state index contributed by atoms with van der Waals surface area (Å²) in [6.45, 7) is 5.91. The average molecular weight is 300 g/mol. The number of aromatic nitrogens is 2. The Hall–Kier alpha value is -0.920. The van der Waals surface area contributed by atoms with Crippen LogP contribution in [0.15, 0.2) is 11.2 Å². The number of aromatic amines is 1. The number of hydrogen-bond donors (Lipinski definition) is 2. The van der Waals surface area contributed by atoms with E-state index in [0.29, 0.717) is 18.9 Å². The molecule has 0 spiro atoms. The fourth-order valence-corrected chi connectivity index (χ4v) is 3.96. The molecule has 0 bridgehead atoms. The van der Waals surface area contributed by atoms with Crippen molar-refractivity contribution < 1.29 is 8.42 Å². The fraction of sp³-hybridized carbons (Fsp3) is 0.769. The third-order valence-electron chi connectivity index (χ3n) is 3.64. The topological polar surface area (TPSA) is 78.1 Å². The van der Waals surface area contributed by atoms with E-state index in [1.165, 1.54) is 6.20 Å². The lowest BCUT2D eigenvalue weighted by molar-refractivity contribution is 0.363. The molecular formula is C13H24N4O2S. The van der Waals surface area contributed by atoms with E-state index in [2.05, 4.69) is 22.2 Å². The Morgan fingerprint density at radius 3 is 2.85 bits per heavy atom. The predicted octanol–water partition coefficient (Wildman–Crippen LogP) is 1.26. The van der Waals surface area contributed by atoms with Crippen LogP contribution < -0.4 is 5.32 Å². The normalized spacial score (nSPS) is 19.9. The van der Waals surface area contributed by atoms with Gasteiger partial charge >= 0.3 is 0 Å². The van der Waals surface area contributed by atoms with Crippen molar-refractivity contribution in [2.45, 2.75) is 50.6 Å². The maximum absolute atomic E-state index is 12.7. The minimum Gasteiger partial charge on any atom is -0.332 e. The van der Waals surface area contributed by atoms with Gasteiger partial charge in [-0.3, -0.25) is 0 Å². The molecule has 2 heterocycles. The molecule has 1 atom stereocenters. The highest BCUT2D eigenvalue weighted by Crippen LogP contribution is 2.17. The van der Waals surface area contributed by atoms with Gasteiger partial charge in [0.25, 0.3) is 10.0 Å². The number of sulfonamides is 1. The first-order chi connectivity index (χ1) is 9.54. The maximum Gasteiger partial charge on any atom is 0.260 e. The summed E-state index contributed by atoms with van der Waals surface area (Å²) in [5, 5.41) is 3.56. The maximum atomic E-state index is 12.7. The van der Waals surface area contributed by atoms with Crippen LogP contribution in [-0.4, -0.2) is 48.4 Å². The van der Waals surface area contributed by atoms with Crippen LogP contribution in [0.1, 0.15) is 38.4 Å². The molecule has 20 heavy (non-hydrogen) atoms. The number of H-pyrrole nitrogens is 1. The SMILES string of the molecule is CCCCN(CC1CCCN1)S(=O)(=O)c1cnc(C)[nH]1. The number of nitrogens with zero attached hydrogens (tertiary/aromatic N) is 2. The molecule has 1 aliphatic rings. The van der Waals surface area contributed by atoms with Crippen LogP contribution in [-0.2, 0) is 10.0 Å². The van der Waals surface area contributed by atoms with Crippen molar-refractivity contribution in [3.8, 4) is 0 Å². The number of hydrogen-bond acceptors (Lipinski definition) is 4. The molecule has 114 valence electrons. The van der Waals surface area contributed by atoms with E-state index < -0.39 is 10.0 Å². The van der Waals surface area contributed by atoms with Gasteiger partial charge in [0.15, 0.2) is 5.03 Å². The summed E-state index contributed by atoms with van der Waals surface area (Å²) in [6.07, 6.45) is 5.42. The third kappa shape index (κ3) is 3.59. The van der Waals surface area contributed by atoms with Gasteiger partial charge in [-0.1, -0.05) is 13.3 Å². The monoisotopic (exact) mass is 300 g/mol. The van der Waals surface area contributed by atoms with E-state index in [0.717, 1.165) is 32.2 Å². The van der Waals surface area contributed by atoms with E-state index in [9.17, 15) is 8.42 Å². The standard InChI is InChI=1S/C13H24N4O2S/c1-3-4-8-17(10-12-6-5-7-14-12)20(18,19)13-9-15-11(2)16-13/h9,12,14H,3-8,10H2,1-2H3,(H,15,16). The molecule has 1 unspecified atom stereocenters. The average Bonchev–Trinajstić information content (AvgIpc) is 3.05. The molecule has 1 aromatic heterocycles. The van der Waals surface area contributed by atoms with E-state index in [4.69, 9.17) is 0 Å². The highest BCUT2D eigenvalue weighted by molar-refractivity contribution is 7.89. The van der Waals surface area contributed by atoms with Crippen LogP contribution in [0.5, 0.6) is 0 Å². The molecule has 1 saturated heterocycles. The Morgan fingerprint density at radius 2 is 2.30 bits per heavy atom. The molecule has 0 radical (unpaired) electrons. The van der Waals surface area contributed by atoms with Crippen LogP contribution in [0.3, 0.4) is 0 Å². The van der Waals surface area contributed by atoms with Crippen molar-refractivity contribution in [2.24, 2.45) is 0 Å². The molecule has 7 heteroatoms. The van der Waals surface area contributed by atoms with Crippen molar-refractivity contribution in [2.75, 3.05) is 19.6 Å². The van der Waals surface area contributed by atoms with Crippen LogP contribution in [0, 0.1) is 6.92 Å². The third-order valence-corrected chi connectivity index (χ3v) is 5.42. The molecular weight excluding hydrogens is 276 g/mol. The zero-order valence-electron chi connectivity index (χ0n) is 12.2. The summed E-state index contributed by atoms with van der Waals surface area (Å²) in [4.78, 5) is 6.84. The van der Waals surface area contributed by atoms with Gasteiger partial charge < -0.3 is 10.3 Å². The van der Waals surface area contributed by atoms with Gasteiger partial charge in [0.2, 0.25) is 0 Å². The Labute approximate surface area is 121 Å². The van der Waals surface area contributed by atoms with Crippen LogP contribution in [0.4, 0.5) is 0 Å². The van der Waals surface area contributed by atoms with E-state index in [1.807, 2.05) is 0 Å². The molecule has 0 aromatic carbocycles. The predicted molar refractivity (Wildman–Crippen MR) is 78.0 cm³/mol. The molecule has 2 N–H and O–H groups in total. The van der Waals surface area contributed by atoms with Crippen molar-refractivity contribution in [3.63, 3.8) is 0 Å². The van der Waals surface area contributed by atoms with E-state index >= 15 is 0 Å². The minimum atomic E-state index is -3.46. The number of nitrogens with one attached hydrogen (secondary N) is 2. The van der Waals surface area contributed by atoms with Crippen LogP contribution >= 0.6 is 0 Å². The lowest BCUT2D eigenvalue weighted by Crippen LogP contribution is -2.41. The van der Waals surface area contributed by atoms with E-state index in [-0.39, 0.29) is 11.1 Å². The number of rotatable bonds is 7. The van der Waals surface area contributed by atoms with Gasteiger partial charge in [0, 0.05) is 19.1 Å². The fourth-order valence-electron chi connectivity index (χ4n) is 2.47. The number of imidazole rings is 1. The van der Waals surface area contributed by atoms with Crippen LogP contribution in [0.2, 0.25) is 0 Å². The highest BCUT2D eigenvalue weighted by Gasteiger charge is 2.29. The van der Waals surface area contributed by atoms with Crippen molar-refractivity contribution in [3.05, 3.63) is 12.0 Å². The lowest BCUT2D eigenvalue weighted by Gasteiger charge is -2.24. The van der Waals surface area contributed by atoms with Gasteiger partial charge in [-0.2, -0.15) is 4.31 Å². The quantitative estimate of drug-likeness (QED) is 0.794. The second-order valence-electron chi connectivity index (χ2n) is 5.34. The summed E-state index contributed by atoms with van der Waals surface area (Å²) < 4.78 is 26.9. The van der Waals surface area contributed by atoms with Crippen LogP contribution in [0.25, 0.3) is 0 Å². The summed E-state index contributed by atoms with van der Waals surface area (Å²) >= 11 is 0. The smallest absolute Gasteiger partial charge is 0.260 e. The molecule has 0 saturated carbocycles. The minimum absolute atomic E-state index is 0.198. The largest absolute Gasteiger partial charge is 0.332 e. The summed E-state index contributed by atoms with van der Waals surface area (Å²) in [5.41, 5.74) is 0. The van der Waals surface area contributed by atoms with Gasteiger partial charge in [0.1, 0.15) is 5.82 Å². The molecule has 0 aliphatic carbocycles. The van der Waals surface area contributed by atoms with Gasteiger partial charge in [-0.15, -0.1) is 0 Å². The lowest BCUT2D eigenvalue weighted by atomic mass is 10.2. The summed E-state index contributed by atoms with van der Waals surface area (Å²) in [7, 11) is -3.46. The molecule has 6 nitrogen and oxygen atoms in total. The highest BCUT2D eigenvalue weighted by atomic mass is 32.2. The van der Waals surface area contributed by atoms with Crippen molar-refractivity contribution >= 4 is 10.0 Å². The molecule has 1 aromatic rings. The number of aryl methyl sites for hydroxylation is 1. The van der Waals surface area contributed by atoms with Gasteiger partial charge in [-0.05, 0) is 32.7 Å². The Kier molecular flexibility index (Phi) is 5.17. The van der Waals surface area contributed by atoms with Gasteiger partial charge in [-0.25, -0.2) is 13.4 Å². The van der Waals surface area contributed by atoms with E-state index in [1.54, 1.807) is 11.2 Å². The Morgan fingerprint density at radius 1 is 1.50 bits per heavy atom.